The van der Waals surface area contributed by atoms with Crippen molar-refractivity contribution in [2.75, 3.05) is 0 Å². The molecule has 1 heterocycles. The maximum Gasteiger partial charge on any atom is 0.253 e. The summed E-state index contributed by atoms with van der Waals surface area (Å²) in [6, 6.07) is 5.85. The van der Waals surface area contributed by atoms with Gasteiger partial charge in [0.25, 0.3) is 5.95 Å². The van der Waals surface area contributed by atoms with E-state index in [0.717, 1.165) is 22.2 Å². The first kappa shape index (κ1) is 20.0. The van der Waals surface area contributed by atoms with E-state index in [1.807, 2.05) is 32.0 Å². The highest BCUT2D eigenvalue weighted by atomic mass is 16.2. The van der Waals surface area contributed by atoms with Crippen LogP contribution in [0.15, 0.2) is 23.2 Å². The number of benzene rings is 1. The van der Waals surface area contributed by atoms with E-state index in [2.05, 4.69) is 31.5 Å². The van der Waals surface area contributed by atoms with E-state index < -0.39 is 0 Å². The van der Waals surface area contributed by atoms with Gasteiger partial charge in [-0.1, -0.05) is 18.6 Å². The van der Waals surface area contributed by atoms with Crippen molar-refractivity contribution in [1.82, 2.24) is 20.6 Å². The van der Waals surface area contributed by atoms with Crippen LogP contribution in [0, 0.1) is 26.2 Å². The van der Waals surface area contributed by atoms with Gasteiger partial charge in [-0.3, -0.25) is 20.2 Å². The molecule has 0 aliphatic carbocycles. The van der Waals surface area contributed by atoms with E-state index in [-0.39, 0.29) is 36.6 Å². The van der Waals surface area contributed by atoms with Crippen molar-refractivity contribution in [2.45, 2.75) is 46.5 Å². The first-order valence-corrected chi connectivity index (χ1v) is 8.79. The van der Waals surface area contributed by atoms with Crippen LogP contribution in [-0.2, 0) is 9.59 Å². The van der Waals surface area contributed by atoms with E-state index in [9.17, 15) is 9.59 Å². The van der Waals surface area contributed by atoms with Crippen LogP contribution in [0.2, 0.25) is 0 Å². The first-order valence-electron chi connectivity index (χ1n) is 8.79. The molecule has 1 aromatic carbocycles. The third-order valence-corrected chi connectivity index (χ3v) is 3.80. The number of aryl methyl sites for hydroxylation is 2. The zero-order chi connectivity index (χ0) is 19.8. The first-order chi connectivity index (χ1) is 12.9. The number of nitrogens with one attached hydrogen (secondary N) is 2. The Bertz CT molecular complexity index is 928. The normalized spacial score (nSPS) is 11.1. The molecule has 0 unspecified atom stereocenters. The van der Waals surface area contributed by atoms with Gasteiger partial charge >= 0.3 is 0 Å². The molecule has 7 nitrogen and oxygen atoms in total. The average Bonchev–Trinajstić information content (AvgIpc) is 2.62. The topological polar surface area (TPSA) is 96.3 Å². The van der Waals surface area contributed by atoms with Crippen molar-refractivity contribution >= 4 is 34.6 Å². The molecule has 0 bridgehead atoms. The summed E-state index contributed by atoms with van der Waals surface area (Å²) in [7, 11) is 0. The summed E-state index contributed by atoms with van der Waals surface area (Å²) in [5.41, 5.74) is 2.62. The summed E-state index contributed by atoms with van der Waals surface area (Å²) in [5, 5.41) is 6.11. The molecule has 140 valence electrons. The van der Waals surface area contributed by atoms with E-state index in [1.54, 1.807) is 6.92 Å². The Kier molecular flexibility index (Phi) is 7.00. The van der Waals surface area contributed by atoms with Crippen LogP contribution in [-0.4, -0.2) is 27.7 Å². The minimum atomic E-state index is -0.284. The predicted octanol–water partition coefficient (Wildman–Crippen LogP) is 2.68. The van der Waals surface area contributed by atoms with Crippen LogP contribution < -0.4 is 10.6 Å². The van der Waals surface area contributed by atoms with Crippen LogP contribution in [0.3, 0.4) is 0 Å². The molecule has 0 spiro atoms. The Morgan fingerprint density at radius 3 is 2.63 bits per heavy atom. The smallest absolute Gasteiger partial charge is 0.253 e. The zero-order valence-corrected chi connectivity index (χ0v) is 15.8. The summed E-state index contributed by atoms with van der Waals surface area (Å²) in [6.07, 6.45) is 6.75. The summed E-state index contributed by atoms with van der Waals surface area (Å²) in [6.45, 7) is 5.57. The summed E-state index contributed by atoms with van der Waals surface area (Å²) >= 11 is 0. The third kappa shape index (κ3) is 5.89. The van der Waals surface area contributed by atoms with Gasteiger partial charge in [0.15, 0.2) is 0 Å². The molecule has 2 N–H and O–H groups in total. The van der Waals surface area contributed by atoms with E-state index in [1.165, 1.54) is 0 Å². The maximum absolute atomic E-state index is 12.1. The van der Waals surface area contributed by atoms with Gasteiger partial charge in [-0.25, -0.2) is 9.97 Å². The van der Waals surface area contributed by atoms with Gasteiger partial charge in [0.2, 0.25) is 17.8 Å². The SMILES string of the molecule is C#CCCCC(=O)NC(=Nc1nc(C)c2cc(C)ccc2n1)NC(=O)CC. The number of terminal acetylenes is 1. The number of hydrogen-bond donors (Lipinski definition) is 2. The Balaban J connectivity index is 2.30. The predicted molar refractivity (Wildman–Crippen MR) is 105 cm³/mol. The minimum absolute atomic E-state index is 0.0124. The highest BCUT2D eigenvalue weighted by molar-refractivity contribution is 6.05. The van der Waals surface area contributed by atoms with E-state index in [4.69, 9.17) is 6.42 Å². The second-order valence-electron chi connectivity index (χ2n) is 6.10. The zero-order valence-electron chi connectivity index (χ0n) is 15.8. The molecule has 0 atom stereocenters. The Morgan fingerprint density at radius 2 is 1.93 bits per heavy atom. The molecule has 0 radical (unpaired) electrons. The molecule has 0 fully saturated rings. The standard InChI is InChI=1S/C20H23N5O2/c1-5-7-8-9-18(27)24-20(23-17(26)6-2)25-19-21-14(4)15-12-13(3)10-11-16(15)22-19/h1,10-12H,6-9H2,2-4H3,(H2,21,22,23,24,25,26,27). The summed E-state index contributed by atoms with van der Waals surface area (Å²) in [5.74, 6) is 2.11. The molecule has 0 saturated heterocycles. The molecule has 2 amide bonds. The molecular weight excluding hydrogens is 342 g/mol. The highest BCUT2D eigenvalue weighted by Crippen LogP contribution is 2.19. The molecule has 0 aliphatic heterocycles. The number of fused-ring (bicyclic) bond motifs is 1. The van der Waals surface area contributed by atoms with Crippen LogP contribution in [0.4, 0.5) is 5.95 Å². The molecule has 1 aromatic heterocycles. The van der Waals surface area contributed by atoms with Crippen LogP contribution in [0.25, 0.3) is 10.9 Å². The number of carbonyl (C=O) groups excluding carboxylic acids is 2. The second kappa shape index (κ2) is 9.43. The van der Waals surface area contributed by atoms with Crippen molar-refractivity contribution in [2.24, 2.45) is 4.99 Å². The highest BCUT2D eigenvalue weighted by Gasteiger charge is 2.11. The number of guanidine groups is 1. The number of unbranched alkanes of at least 4 members (excludes halogenated alkanes) is 1. The lowest BCUT2D eigenvalue weighted by molar-refractivity contribution is -0.120. The van der Waals surface area contributed by atoms with Crippen LogP contribution in [0.5, 0.6) is 0 Å². The minimum Gasteiger partial charge on any atom is -0.296 e. The average molecular weight is 365 g/mol. The number of aromatic nitrogens is 2. The Labute approximate surface area is 158 Å². The lowest BCUT2D eigenvalue weighted by atomic mass is 10.1. The largest absolute Gasteiger partial charge is 0.296 e. The van der Waals surface area contributed by atoms with Crippen LogP contribution >= 0.6 is 0 Å². The van der Waals surface area contributed by atoms with Gasteiger partial charge in [0, 0.05) is 24.6 Å². The van der Waals surface area contributed by atoms with Gasteiger partial charge < -0.3 is 0 Å². The van der Waals surface area contributed by atoms with Crippen molar-refractivity contribution in [3.05, 3.63) is 29.5 Å². The fraction of sp³-hybridized carbons (Fsp3) is 0.350. The summed E-state index contributed by atoms with van der Waals surface area (Å²) < 4.78 is 0. The van der Waals surface area contributed by atoms with Crippen molar-refractivity contribution in [3.63, 3.8) is 0 Å². The Hall–Kier alpha value is -3.27. The van der Waals surface area contributed by atoms with Crippen molar-refractivity contribution in [3.8, 4) is 12.3 Å². The number of hydrogen-bond acceptors (Lipinski definition) is 5. The van der Waals surface area contributed by atoms with Crippen LogP contribution in [0.1, 0.15) is 43.9 Å². The molecule has 27 heavy (non-hydrogen) atoms. The number of aliphatic imine (C=N–C) groups is 1. The molecular formula is C20H23N5O2. The number of rotatable bonds is 5. The Morgan fingerprint density at radius 1 is 1.19 bits per heavy atom. The number of carbonyl (C=O) groups is 2. The molecule has 0 aliphatic rings. The number of nitrogens with zero attached hydrogens (tertiary/aromatic N) is 3. The van der Waals surface area contributed by atoms with E-state index in [0.29, 0.717) is 12.8 Å². The second-order valence-corrected chi connectivity index (χ2v) is 6.10. The fourth-order valence-corrected chi connectivity index (χ4v) is 2.38. The van der Waals surface area contributed by atoms with Gasteiger partial charge in [-0.2, -0.15) is 4.99 Å². The molecule has 2 rings (SSSR count). The van der Waals surface area contributed by atoms with Gasteiger partial charge in [-0.15, -0.1) is 12.3 Å². The van der Waals surface area contributed by atoms with Crippen molar-refractivity contribution in [1.29, 1.82) is 0 Å². The third-order valence-electron chi connectivity index (χ3n) is 3.80. The monoisotopic (exact) mass is 365 g/mol. The lowest BCUT2D eigenvalue weighted by Gasteiger charge is -2.10. The van der Waals surface area contributed by atoms with Gasteiger partial charge in [0.1, 0.15) is 0 Å². The van der Waals surface area contributed by atoms with E-state index >= 15 is 0 Å². The molecule has 2 aromatic rings. The molecule has 7 heteroatoms. The quantitative estimate of drug-likeness (QED) is 0.368. The number of amides is 2. The lowest BCUT2D eigenvalue weighted by Crippen LogP contribution is -2.43. The summed E-state index contributed by atoms with van der Waals surface area (Å²) in [4.78, 5) is 36.8. The van der Waals surface area contributed by atoms with Gasteiger partial charge in [-0.05, 0) is 32.4 Å². The maximum atomic E-state index is 12.1. The fourth-order valence-electron chi connectivity index (χ4n) is 2.38. The van der Waals surface area contributed by atoms with Crippen molar-refractivity contribution < 1.29 is 9.59 Å². The van der Waals surface area contributed by atoms with Gasteiger partial charge in [0.05, 0.1) is 11.2 Å². The molecule has 0 saturated carbocycles.